The summed E-state index contributed by atoms with van der Waals surface area (Å²) in [4.78, 5) is 2.07. The maximum Gasteiger partial charge on any atom is 0.169 e. The molecule has 0 amide bonds. The van der Waals surface area contributed by atoms with Gasteiger partial charge < -0.3 is 14.4 Å². The molecule has 2 aromatic carbocycles. The van der Waals surface area contributed by atoms with Crippen molar-refractivity contribution >= 4 is 24.0 Å². The fourth-order valence-corrected chi connectivity index (χ4v) is 1.75. The summed E-state index contributed by atoms with van der Waals surface area (Å²) in [5.41, 5.74) is 0. The van der Waals surface area contributed by atoms with E-state index in [1.807, 2.05) is 50.5 Å². The molecule has 0 aliphatic rings. The zero-order valence-electron chi connectivity index (χ0n) is 12.1. The molecular formula is C16H19Cl2NO2. The monoisotopic (exact) mass is 327 g/mol. The van der Waals surface area contributed by atoms with Crippen LogP contribution in [0.2, 0.25) is 5.02 Å². The lowest BCUT2D eigenvalue weighted by Crippen LogP contribution is -2.19. The lowest BCUT2D eigenvalue weighted by molar-refractivity contribution is 0.254. The molecule has 21 heavy (non-hydrogen) atoms. The van der Waals surface area contributed by atoms with Gasteiger partial charge in [-0.25, -0.2) is 0 Å². The number of benzene rings is 2. The molecule has 0 saturated carbocycles. The van der Waals surface area contributed by atoms with Gasteiger partial charge >= 0.3 is 0 Å². The Bertz CT molecular complexity index is 544. The highest BCUT2D eigenvalue weighted by atomic mass is 35.5. The summed E-state index contributed by atoms with van der Waals surface area (Å²) in [6, 6.07) is 14.9. The molecule has 0 aliphatic heterocycles. The van der Waals surface area contributed by atoms with Crippen molar-refractivity contribution in [2.24, 2.45) is 0 Å². The van der Waals surface area contributed by atoms with Gasteiger partial charge in [-0.15, -0.1) is 12.4 Å². The minimum atomic E-state index is 0. The maximum atomic E-state index is 5.86. The van der Waals surface area contributed by atoms with E-state index in [0.717, 1.165) is 18.0 Å². The van der Waals surface area contributed by atoms with E-state index in [2.05, 4.69) is 4.90 Å². The van der Waals surface area contributed by atoms with Gasteiger partial charge in [-0.2, -0.15) is 0 Å². The zero-order valence-corrected chi connectivity index (χ0v) is 13.7. The van der Waals surface area contributed by atoms with Crippen molar-refractivity contribution in [3.63, 3.8) is 0 Å². The van der Waals surface area contributed by atoms with E-state index >= 15 is 0 Å². The Kier molecular flexibility index (Phi) is 7.37. The maximum absolute atomic E-state index is 5.86. The van der Waals surface area contributed by atoms with Gasteiger partial charge in [0.15, 0.2) is 11.5 Å². The molecular weight excluding hydrogens is 309 g/mol. The Balaban J connectivity index is 0.00000220. The number of halogens is 2. The van der Waals surface area contributed by atoms with Crippen LogP contribution in [0.25, 0.3) is 0 Å². The number of hydrogen-bond donors (Lipinski definition) is 0. The lowest BCUT2D eigenvalue weighted by atomic mass is 10.3. The van der Waals surface area contributed by atoms with Gasteiger partial charge in [0.2, 0.25) is 0 Å². The molecule has 0 atom stereocenters. The van der Waals surface area contributed by atoms with E-state index in [1.54, 1.807) is 12.1 Å². The van der Waals surface area contributed by atoms with Gasteiger partial charge in [-0.05, 0) is 50.5 Å². The molecule has 0 aromatic heterocycles. The van der Waals surface area contributed by atoms with Crippen molar-refractivity contribution in [1.82, 2.24) is 4.90 Å². The summed E-state index contributed by atoms with van der Waals surface area (Å²) in [5.74, 6) is 2.18. The number of likely N-dealkylation sites (N-methyl/N-ethyl adjacent to an activating group) is 1. The normalized spacial score (nSPS) is 10.1. The molecule has 2 aromatic rings. The van der Waals surface area contributed by atoms with Gasteiger partial charge in [0.25, 0.3) is 0 Å². The summed E-state index contributed by atoms with van der Waals surface area (Å²) >= 11 is 5.86. The summed E-state index contributed by atoms with van der Waals surface area (Å²) < 4.78 is 11.6. The minimum Gasteiger partial charge on any atom is -0.488 e. The van der Waals surface area contributed by atoms with Crippen molar-refractivity contribution in [2.45, 2.75) is 0 Å². The third-order valence-corrected chi connectivity index (χ3v) is 2.94. The van der Waals surface area contributed by atoms with Crippen LogP contribution in [0.3, 0.4) is 0 Å². The number of nitrogens with zero attached hydrogens (tertiary/aromatic N) is 1. The van der Waals surface area contributed by atoms with E-state index in [-0.39, 0.29) is 12.4 Å². The van der Waals surface area contributed by atoms with Gasteiger partial charge in [-0.1, -0.05) is 23.7 Å². The first-order valence-corrected chi connectivity index (χ1v) is 6.83. The first-order chi connectivity index (χ1) is 9.65. The molecule has 0 aliphatic carbocycles. The van der Waals surface area contributed by atoms with Crippen LogP contribution in [0.15, 0.2) is 48.5 Å². The molecule has 5 heteroatoms. The zero-order chi connectivity index (χ0) is 14.4. The predicted molar refractivity (Wildman–Crippen MR) is 89.3 cm³/mol. The summed E-state index contributed by atoms with van der Waals surface area (Å²) in [7, 11) is 4.03. The lowest BCUT2D eigenvalue weighted by Gasteiger charge is -2.14. The van der Waals surface area contributed by atoms with Crippen LogP contribution >= 0.6 is 24.0 Å². The largest absolute Gasteiger partial charge is 0.488 e. The van der Waals surface area contributed by atoms with Crippen molar-refractivity contribution < 1.29 is 9.47 Å². The van der Waals surface area contributed by atoms with Crippen LogP contribution in [0.4, 0.5) is 0 Å². The molecule has 0 saturated heterocycles. The second-order valence-corrected chi connectivity index (χ2v) is 5.09. The fourth-order valence-electron chi connectivity index (χ4n) is 1.62. The first-order valence-electron chi connectivity index (χ1n) is 6.45. The third kappa shape index (κ3) is 5.84. The summed E-state index contributed by atoms with van der Waals surface area (Å²) in [5, 5.41) is 0.688. The van der Waals surface area contributed by atoms with E-state index in [1.165, 1.54) is 0 Å². The smallest absolute Gasteiger partial charge is 0.169 e. The van der Waals surface area contributed by atoms with Crippen LogP contribution in [0.5, 0.6) is 17.2 Å². The van der Waals surface area contributed by atoms with Crippen LogP contribution in [-0.2, 0) is 0 Å². The van der Waals surface area contributed by atoms with E-state index in [9.17, 15) is 0 Å². The Hall–Kier alpha value is -1.42. The Morgan fingerprint density at radius 3 is 2.19 bits per heavy atom. The van der Waals surface area contributed by atoms with Gasteiger partial charge in [0, 0.05) is 11.6 Å². The molecule has 114 valence electrons. The van der Waals surface area contributed by atoms with Gasteiger partial charge in [-0.3, -0.25) is 0 Å². The molecule has 2 rings (SSSR count). The van der Waals surface area contributed by atoms with Crippen LogP contribution in [-0.4, -0.2) is 32.1 Å². The number of rotatable bonds is 6. The molecule has 0 N–H and O–H groups in total. The molecule has 0 bridgehead atoms. The first kappa shape index (κ1) is 17.6. The Morgan fingerprint density at radius 2 is 1.57 bits per heavy atom. The topological polar surface area (TPSA) is 21.7 Å². The second-order valence-electron chi connectivity index (χ2n) is 4.65. The van der Waals surface area contributed by atoms with E-state index < -0.39 is 0 Å². The van der Waals surface area contributed by atoms with E-state index in [0.29, 0.717) is 17.4 Å². The third-order valence-electron chi connectivity index (χ3n) is 2.69. The molecule has 0 fully saturated rings. The summed E-state index contributed by atoms with van der Waals surface area (Å²) in [6.07, 6.45) is 0. The average Bonchev–Trinajstić information content (AvgIpc) is 2.43. The average molecular weight is 328 g/mol. The number of hydrogen-bond acceptors (Lipinski definition) is 3. The molecule has 0 radical (unpaired) electrons. The van der Waals surface area contributed by atoms with Crippen molar-refractivity contribution in [3.8, 4) is 17.2 Å². The quantitative estimate of drug-likeness (QED) is 0.780. The highest BCUT2D eigenvalue weighted by Gasteiger charge is 2.05. The van der Waals surface area contributed by atoms with Crippen molar-refractivity contribution in [3.05, 3.63) is 53.6 Å². The Morgan fingerprint density at radius 1 is 0.952 bits per heavy atom. The van der Waals surface area contributed by atoms with Crippen LogP contribution in [0.1, 0.15) is 0 Å². The second kappa shape index (κ2) is 8.78. The highest BCUT2D eigenvalue weighted by molar-refractivity contribution is 6.30. The van der Waals surface area contributed by atoms with E-state index in [4.69, 9.17) is 21.1 Å². The van der Waals surface area contributed by atoms with Crippen molar-refractivity contribution in [2.75, 3.05) is 27.2 Å². The van der Waals surface area contributed by atoms with Crippen LogP contribution < -0.4 is 9.47 Å². The standard InChI is InChI=1S/C16H18ClNO2.ClH/c1-18(2)11-12-19-15-5-3-4-6-16(15)20-14-9-7-13(17)8-10-14;/h3-10H,11-12H2,1-2H3;1H. The van der Waals surface area contributed by atoms with Gasteiger partial charge in [0.05, 0.1) is 0 Å². The Labute approximate surface area is 136 Å². The predicted octanol–water partition coefficient (Wildman–Crippen LogP) is 4.49. The molecule has 0 unspecified atom stereocenters. The number of ether oxygens (including phenoxy) is 2. The van der Waals surface area contributed by atoms with Gasteiger partial charge in [0.1, 0.15) is 12.4 Å². The highest BCUT2D eigenvalue weighted by Crippen LogP contribution is 2.31. The SMILES string of the molecule is CN(C)CCOc1ccccc1Oc1ccc(Cl)cc1.Cl. The molecule has 0 spiro atoms. The minimum absolute atomic E-state index is 0. The number of para-hydroxylation sites is 2. The van der Waals surface area contributed by atoms with Crippen molar-refractivity contribution in [1.29, 1.82) is 0 Å². The molecule has 0 heterocycles. The summed E-state index contributed by atoms with van der Waals surface area (Å²) in [6.45, 7) is 1.48. The fraction of sp³-hybridized carbons (Fsp3) is 0.250. The van der Waals surface area contributed by atoms with Crippen LogP contribution in [0, 0.1) is 0 Å². The molecule has 3 nitrogen and oxygen atoms in total.